The molecular weight excluding hydrogens is 316 g/mol. The van der Waals surface area contributed by atoms with Crippen LogP contribution >= 0.6 is 15.9 Å². The van der Waals surface area contributed by atoms with Crippen molar-refractivity contribution >= 4 is 27.0 Å². The first-order valence-electron chi connectivity index (χ1n) is 6.54. The molecule has 3 aromatic heterocycles. The summed E-state index contributed by atoms with van der Waals surface area (Å²) >= 11 is 3.60. The maximum absolute atomic E-state index is 4.71. The minimum atomic E-state index is 0.342. The van der Waals surface area contributed by atoms with E-state index in [1.807, 2.05) is 25.1 Å². The summed E-state index contributed by atoms with van der Waals surface area (Å²) in [6, 6.07) is 6.11. The normalized spacial score (nSPS) is 11.4. The van der Waals surface area contributed by atoms with Gasteiger partial charge in [0.2, 0.25) is 0 Å². The number of hydrogen-bond acceptors (Lipinski definition) is 3. The first-order valence-corrected chi connectivity index (χ1v) is 7.33. The van der Waals surface area contributed by atoms with Crippen LogP contribution in [0.3, 0.4) is 0 Å². The topological polar surface area (TPSA) is 43.6 Å². The van der Waals surface area contributed by atoms with E-state index in [1.165, 1.54) is 0 Å². The summed E-state index contributed by atoms with van der Waals surface area (Å²) in [6.07, 6.45) is 3.83. The second-order valence-corrected chi connectivity index (χ2v) is 5.88. The average molecular weight is 331 g/mol. The van der Waals surface area contributed by atoms with Gasteiger partial charge < -0.3 is 4.57 Å². The summed E-state index contributed by atoms with van der Waals surface area (Å²) in [5.41, 5.74) is 2.70. The van der Waals surface area contributed by atoms with Crippen molar-refractivity contribution in [2.24, 2.45) is 0 Å². The van der Waals surface area contributed by atoms with Gasteiger partial charge in [0.05, 0.1) is 11.1 Å². The highest BCUT2D eigenvalue weighted by atomic mass is 79.9. The third kappa shape index (κ3) is 2.12. The molecule has 0 bridgehead atoms. The Bertz CT molecular complexity index is 762. The molecule has 102 valence electrons. The average Bonchev–Trinajstić information content (AvgIpc) is 2.78. The van der Waals surface area contributed by atoms with Gasteiger partial charge in [-0.1, -0.05) is 6.07 Å². The molecule has 0 spiro atoms. The maximum Gasteiger partial charge on any atom is 0.180 e. The van der Waals surface area contributed by atoms with Crippen molar-refractivity contribution < 1.29 is 0 Å². The molecule has 20 heavy (non-hydrogen) atoms. The van der Waals surface area contributed by atoms with Crippen molar-refractivity contribution in [2.75, 3.05) is 0 Å². The number of pyridine rings is 1. The van der Waals surface area contributed by atoms with Crippen LogP contribution in [0.2, 0.25) is 0 Å². The van der Waals surface area contributed by atoms with Gasteiger partial charge in [-0.25, -0.2) is 9.97 Å². The van der Waals surface area contributed by atoms with E-state index < -0.39 is 0 Å². The predicted octanol–water partition coefficient (Wildman–Crippen LogP) is 4.15. The summed E-state index contributed by atoms with van der Waals surface area (Å²) in [5.74, 6) is 0.670. The molecule has 5 heteroatoms. The van der Waals surface area contributed by atoms with Crippen molar-refractivity contribution in [3.63, 3.8) is 0 Å². The fraction of sp³-hybridized carbons (Fsp3) is 0.267. The zero-order valence-electron chi connectivity index (χ0n) is 11.6. The summed E-state index contributed by atoms with van der Waals surface area (Å²) in [7, 11) is 0. The highest BCUT2D eigenvalue weighted by Gasteiger charge is 2.16. The van der Waals surface area contributed by atoms with Gasteiger partial charge in [0, 0.05) is 22.9 Å². The lowest BCUT2D eigenvalue weighted by Gasteiger charge is -2.09. The molecule has 3 rings (SSSR count). The molecule has 3 heterocycles. The maximum atomic E-state index is 4.71. The zero-order chi connectivity index (χ0) is 14.3. The van der Waals surface area contributed by atoms with Gasteiger partial charge in [-0.2, -0.15) is 0 Å². The van der Waals surface area contributed by atoms with Crippen LogP contribution in [0.15, 0.2) is 35.1 Å². The second-order valence-electron chi connectivity index (χ2n) is 5.02. The van der Waals surface area contributed by atoms with E-state index in [0.29, 0.717) is 11.9 Å². The molecular formula is C15H15BrN4. The number of hydrogen-bond donors (Lipinski definition) is 0. The largest absolute Gasteiger partial charge is 0.329 e. The highest BCUT2D eigenvalue weighted by Crippen LogP contribution is 2.30. The van der Waals surface area contributed by atoms with Gasteiger partial charge in [-0.15, -0.1) is 0 Å². The van der Waals surface area contributed by atoms with Crippen molar-refractivity contribution in [3.05, 3.63) is 40.8 Å². The lowest BCUT2D eigenvalue weighted by molar-refractivity contribution is 0.617. The van der Waals surface area contributed by atoms with Crippen molar-refractivity contribution in [2.45, 2.75) is 26.8 Å². The van der Waals surface area contributed by atoms with Gasteiger partial charge >= 0.3 is 0 Å². The Balaban J connectivity index is 2.30. The lowest BCUT2D eigenvalue weighted by atomic mass is 10.2. The van der Waals surface area contributed by atoms with Crippen LogP contribution in [0.1, 0.15) is 25.6 Å². The Morgan fingerprint density at radius 1 is 1.20 bits per heavy atom. The number of halogens is 1. The molecule has 0 saturated carbocycles. The summed E-state index contributed by atoms with van der Waals surface area (Å²) < 4.78 is 3.19. The van der Waals surface area contributed by atoms with Gasteiger partial charge in [-0.05, 0) is 48.8 Å². The summed E-state index contributed by atoms with van der Waals surface area (Å²) in [5, 5.41) is 1.07. The molecule has 0 aromatic carbocycles. The number of nitrogens with zero attached hydrogens (tertiary/aromatic N) is 4. The Kier molecular flexibility index (Phi) is 3.30. The molecule has 0 atom stereocenters. The lowest BCUT2D eigenvalue weighted by Crippen LogP contribution is -2.02. The quantitative estimate of drug-likeness (QED) is 0.709. The van der Waals surface area contributed by atoms with Gasteiger partial charge in [0.1, 0.15) is 11.3 Å². The van der Waals surface area contributed by atoms with Crippen molar-refractivity contribution in [3.8, 4) is 11.5 Å². The van der Waals surface area contributed by atoms with E-state index in [2.05, 4.69) is 50.5 Å². The first-order chi connectivity index (χ1) is 9.58. The molecule has 0 aliphatic rings. The Labute approximate surface area is 126 Å². The number of rotatable bonds is 2. The predicted molar refractivity (Wildman–Crippen MR) is 83.6 cm³/mol. The Hall–Kier alpha value is -1.75. The van der Waals surface area contributed by atoms with E-state index >= 15 is 0 Å². The molecule has 0 aliphatic heterocycles. The Morgan fingerprint density at radius 2 is 2.00 bits per heavy atom. The van der Waals surface area contributed by atoms with Crippen LogP contribution in [0.5, 0.6) is 0 Å². The van der Waals surface area contributed by atoms with E-state index in [0.717, 1.165) is 26.9 Å². The van der Waals surface area contributed by atoms with E-state index in [1.54, 1.807) is 6.20 Å². The zero-order valence-corrected chi connectivity index (χ0v) is 13.2. The molecule has 0 saturated heterocycles. The molecule has 0 N–H and O–H groups in total. The fourth-order valence-electron chi connectivity index (χ4n) is 2.28. The molecule has 0 radical (unpaired) electrons. The van der Waals surface area contributed by atoms with E-state index in [4.69, 9.17) is 4.98 Å². The van der Waals surface area contributed by atoms with Gasteiger partial charge in [0.15, 0.2) is 5.82 Å². The minimum Gasteiger partial charge on any atom is -0.329 e. The molecule has 4 nitrogen and oxygen atoms in total. The standard InChI is InChI=1S/C15H15BrN4/c1-9(2)20-8-11(16)13-10(3)18-14(19-15(13)20)12-6-4-5-7-17-12/h4-9H,1-3H3. The van der Waals surface area contributed by atoms with Crippen LogP contribution in [0.4, 0.5) is 0 Å². The van der Waals surface area contributed by atoms with Gasteiger partial charge in [-0.3, -0.25) is 4.98 Å². The minimum absolute atomic E-state index is 0.342. The van der Waals surface area contributed by atoms with E-state index in [9.17, 15) is 0 Å². The van der Waals surface area contributed by atoms with Crippen LogP contribution in [-0.4, -0.2) is 19.5 Å². The molecule has 0 fully saturated rings. The third-order valence-corrected chi connectivity index (χ3v) is 3.86. The molecule has 3 aromatic rings. The van der Waals surface area contributed by atoms with Crippen LogP contribution in [-0.2, 0) is 0 Å². The fourth-order valence-corrected chi connectivity index (χ4v) is 2.96. The van der Waals surface area contributed by atoms with Crippen LogP contribution < -0.4 is 0 Å². The summed E-state index contributed by atoms with van der Waals surface area (Å²) in [6.45, 7) is 6.29. The van der Waals surface area contributed by atoms with E-state index in [-0.39, 0.29) is 0 Å². The SMILES string of the molecule is Cc1nc(-c2ccccn2)nc2c1c(Br)cn2C(C)C. The first kappa shape index (κ1) is 13.2. The van der Waals surface area contributed by atoms with Gasteiger partial charge in [0.25, 0.3) is 0 Å². The van der Waals surface area contributed by atoms with Crippen molar-refractivity contribution in [1.82, 2.24) is 19.5 Å². The third-order valence-electron chi connectivity index (χ3n) is 3.26. The van der Waals surface area contributed by atoms with Crippen LogP contribution in [0, 0.1) is 6.92 Å². The smallest absolute Gasteiger partial charge is 0.180 e. The Morgan fingerprint density at radius 3 is 2.65 bits per heavy atom. The number of fused-ring (bicyclic) bond motifs is 1. The number of aromatic nitrogens is 4. The van der Waals surface area contributed by atoms with Crippen molar-refractivity contribution in [1.29, 1.82) is 0 Å². The molecule has 0 unspecified atom stereocenters. The summed E-state index contributed by atoms with van der Waals surface area (Å²) in [4.78, 5) is 13.6. The van der Waals surface area contributed by atoms with Crippen LogP contribution in [0.25, 0.3) is 22.6 Å². The number of aryl methyl sites for hydroxylation is 1. The highest BCUT2D eigenvalue weighted by molar-refractivity contribution is 9.10. The monoisotopic (exact) mass is 330 g/mol. The molecule has 0 amide bonds. The molecule has 0 aliphatic carbocycles. The second kappa shape index (κ2) is 4.98.